The van der Waals surface area contributed by atoms with Gasteiger partial charge < -0.3 is 21.1 Å². The number of nitrogens with one attached hydrogen (secondary N) is 2. The molecule has 3 aromatic rings. The van der Waals surface area contributed by atoms with Crippen LogP contribution in [0, 0.1) is 5.82 Å². The smallest absolute Gasteiger partial charge is 0.290 e. The molecule has 0 saturated heterocycles. The van der Waals surface area contributed by atoms with Gasteiger partial charge >= 0.3 is 0 Å². The first-order valence-corrected chi connectivity index (χ1v) is 8.89. The number of benzene rings is 1. The van der Waals surface area contributed by atoms with Crippen LogP contribution in [0.3, 0.4) is 0 Å². The molecule has 1 amide bonds. The molecule has 0 radical (unpaired) electrons. The largest absolute Gasteiger partial charge is 0.483 e. The lowest BCUT2D eigenvalue weighted by molar-refractivity contribution is -0.122. The Morgan fingerprint density at radius 2 is 1.93 bits per heavy atom. The zero-order valence-corrected chi connectivity index (χ0v) is 16.0. The number of hydrogen-bond acceptors (Lipinski definition) is 4. The highest BCUT2D eigenvalue weighted by Crippen LogP contribution is 2.40. The van der Waals surface area contributed by atoms with E-state index in [2.05, 4.69) is 15.3 Å². The number of nitrogens with zero attached hydrogens (tertiary/aromatic N) is 1. The average molecular weight is 396 g/mol. The normalized spacial score (nSPS) is 14.2. The van der Waals surface area contributed by atoms with Crippen LogP contribution >= 0.6 is 0 Å². The van der Waals surface area contributed by atoms with Gasteiger partial charge in [0.15, 0.2) is 0 Å². The summed E-state index contributed by atoms with van der Waals surface area (Å²) in [5, 5.41) is 9.89. The number of carboxylic acid groups (broad SMARTS) is 1. The Kier molecular flexibility index (Phi) is 5.36. The Bertz CT molecular complexity index is 1080. The van der Waals surface area contributed by atoms with E-state index < -0.39 is 0 Å². The molecular weight excluding hydrogens is 375 g/mol. The maximum absolute atomic E-state index is 14.6. The molecule has 1 aliphatic rings. The number of aromatic nitrogens is 2. The van der Waals surface area contributed by atoms with E-state index in [1.165, 1.54) is 6.07 Å². The highest BCUT2D eigenvalue weighted by molar-refractivity contribution is 6.07. The second-order valence-electron chi connectivity index (χ2n) is 7.30. The molecule has 5 N–H and O–H groups in total. The highest BCUT2D eigenvalue weighted by Gasteiger charge is 2.35. The fourth-order valence-electron chi connectivity index (χ4n) is 3.54. The number of amides is 1. The van der Waals surface area contributed by atoms with Crippen molar-refractivity contribution in [2.75, 3.05) is 5.73 Å². The summed E-state index contributed by atoms with van der Waals surface area (Å²) in [6.07, 6.45) is 2.22. The number of carbonyl (C=O) groups excluding carboxylic acids is 1. The minimum atomic E-state index is -0.379. The Morgan fingerprint density at radius 3 is 2.59 bits per heavy atom. The van der Waals surface area contributed by atoms with Gasteiger partial charge in [0.2, 0.25) is 0 Å². The van der Waals surface area contributed by atoms with E-state index in [1.54, 1.807) is 36.5 Å². The van der Waals surface area contributed by atoms with Crippen molar-refractivity contribution in [2.24, 2.45) is 0 Å². The molecule has 4 rings (SSSR count). The van der Waals surface area contributed by atoms with Crippen LogP contribution < -0.4 is 11.1 Å². The number of nitrogen functional groups attached to an aromatic ring is 1. The number of carbonyl (C=O) groups is 2. The van der Waals surface area contributed by atoms with E-state index in [-0.39, 0.29) is 23.7 Å². The Hall–Kier alpha value is -3.68. The van der Waals surface area contributed by atoms with Crippen molar-refractivity contribution in [3.05, 3.63) is 59.7 Å². The fourth-order valence-corrected chi connectivity index (χ4v) is 3.54. The van der Waals surface area contributed by atoms with Crippen molar-refractivity contribution >= 4 is 18.2 Å². The quantitative estimate of drug-likeness (QED) is 0.496. The molecule has 0 aliphatic carbocycles. The minimum absolute atomic E-state index is 0.209. The van der Waals surface area contributed by atoms with Crippen LogP contribution in [0.1, 0.15) is 29.9 Å². The maximum atomic E-state index is 14.6. The first kappa shape index (κ1) is 20.1. The number of anilines is 1. The summed E-state index contributed by atoms with van der Waals surface area (Å²) in [5.74, 6) is -0.228. The van der Waals surface area contributed by atoms with E-state index in [0.717, 1.165) is 11.3 Å². The van der Waals surface area contributed by atoms with Crippen LogP contribution in [0.4, 0.5) is 10.2 Å². The van der Waals surface area contributed by atoms with Crippen molar-refractivity contribution in [2.45, 2.75) is 25.8 Å². The predicted octanol–water partition coefficient (Wildman–Crippen LogP) is 3.23. The van der Waals surface area contributed by atoms with Gasteiger partial charge in [0.25, 0.3) is 12.4 Å². The molecule has 8 heteroatoms. The van der Waals surface area contributed by atoms with Gasteiger partial charge in [-0.25, -0.2) is 9.37 Å². The fraction of sp³-hybridized carbons (Fsp3) is 0.190. The van der Waals surface area contributed by atoms with Crippen molar-refractivity contribution in [3.8, 4) is 22.4 Å². The van der Waals surface area contributed by atoms with Crippen molar-refractivity contribution in [1.82, 2.24) is 15.3 Å². The predicted molar refractivity (Wildman–Crippen MR) is 108 cm³/mol. The summed E-state index contributed by atoms with van der Waals surface area (Å²) in [7, 11) is 0. The van der Waals surface area contributed by atoms with Crippen LogP contribution in [-0.4, -0.2) is 33.0 Å². The first-order valence-electron chi connectivity index (χ1n) is 8.89. The van der Waals surface area contributed by atoms with Crippen molar-refractivity contribution in [1.29, 1.82) is 0 Å². The molecular formula is C21H21FN4O3. The number of fused-ring (bicyclic) bond motifs is 1. The zero-order chi connectivity index (χ0) is 21.2. The molecule has 0 spiro atoms. The molecule has 1 aliphatic heterocycles. The van der Waals surface area contributed by atoms with Gasteiger partial charge in [0.05, 0.1) is 11.3 Å². The van der Waals surface area contributed by atoms with Crippen LogP contribution in [0.15, 0.2) is 42.6 Å². The SMILES string of the molecule is CC1(C)Cc2[nH]c(-c3ccnc(N)c3)c(-c3ccccc3F)c2C(=O)N1.O=CO. The Balaban J connectivity index is 0.000000755. The number of rotatable bonds is 2. The second kappa shape index (κ2) is 7.75. The molecule has 0 fully saturated rings. The lowest BCUT2D eigenvalue weighted by Crippen LogP contribution is -2.49. The molecule has 150 valence electrons. The van der Waals surface area contributed by atoms with Gasteiger partial charge in [-0.1, -0.05) is 18.2 Å². The topological polar surface area (TPSA) is 121 Å². The van der Waals surface area contributed by atoms with Crippen LogP contribution in [0.5, 0.6) is 0 Å². The number of nitrogens with two attached hydrogens (primary N) is 1. The first-order chi connectivity index (χ1) is 13.8. The lowest BCUT2D eigenvalue weighted by Gasteiger charge is -2.30. The molecule has 1 aromatic carbocycles. The third-order valence-electron chi connectivity index (χ3n) is 4.59. The summed E-state index contributed by atoms with van der Waals surface area (Å²) in [6.45, 7) is 3.67. The summed E-state index contributed by atoms with van der Waals surface area (Å²) >= 11 is 0. The molecule has 3 heterocycles. The Labute approximate surface area is 166 Å². The summed E-state index contributed by atoms with van der Waals surface area (Å²) in [6, 6.07) is 9.97. The monoisotopic (exact) mass is 396 g/mol. The number of halogens is 1. The van der Waals surface area contributed by atoms with E-state index in [1.807, 2.05) is 13.8 Å². The van der Waals surface area contributed by atoms with E-state index >= 15 is 0 Å². The van der Waals surface area contributed by atoms with E-state index in [9.17, 15) is 9.18 Å². The summed E-state index contributed by atoms with van der Waals surface area (Å²) < 4.78 is 14.6. The van der Waals surface area contributed by atoms with Crippen LogP contribution in [-0.2, 0) is 11.2 Å². The number of hydrogen-bond donors (Lipinski definition) is 4. The second-order valence-corrected chi connectivity index (χ2v) is 7.30. The maximum Gasteiger partial charge on any atom is 0.290 e. The summed E-state index contributed by atoms with van der Waals surface area (Å²) in [4.78, 5) is 28.6. The molecule has 0 bridgehead atoms. The molecule has 29 heavy (non-hydrogen) atoms. The molecule has 7 nitrogen and oxygen atoms in total. The number of H-pyrrole nitrogens is 1. The Morgan fingerprint density at radius 1 is 1.24 bits per heavy atom. The van der Waals surface area contributed by atoms with Crippen molar-refractivity contribution in [3.63, 3.8) is 0 Å². The summed E-state index contributed by atoms with van der Waals surface area (Å²) in [5.41, 5.74) is 9.09. The number of pyridine rings is 1. The number of aromatic amines is 1. The molecule has 0 unspecified atom stereocenters. The van der Waals surface area contributed by atoms with Gasteiger partial charge in [-0.2, -0.15) is 0 Å². The lowest BCUT2D eigenvalue weighted by atomic mass is 9.88. The third-order valence-corrected chi connectivity index (χ3v) is 4.59. The molecule has 0 atom stereocenters. The van der Waals surface area contributed by atoms with Crippen molar-refractivity contribution < 1.29 is 19.1 Å². The van der Waals surface area contributed by atoms with E-state index in [0.29, 0.717) is 34.6 Å². The minimum Gasteiger partial charge on any atom is -0.483 e. The average Bonchev–Trinajstić information content (AvgIpc) is 3.01. The van der Waals surface area contributed by atoms with Gasteiger partial charge in [-0.15, -0.1) is 0 Å². The molecule has 0 saturated carbocycles. The van der Waals surface area contributed by atoms with Gasteiger partial charge in [-0.05, 0) is 32.0 Å². The highest BCUT2D eigenvalue weighted by atomic mass is 19.1. The molecule has 2 aromatic heterocycles. The van der Waals surface area contributed by atoms with Gasteiger partial charge in [-0.3, -0.25) is 9.59 Å². The van der Waals surface area contributed by atoms with Crippen LogP contribution in [0.2, 0.25) is 0 Å². The zero-order valence-electron chi connectivity index (χ0n) is 16.0. The van der Waals surface area contributed by atoms with Gasteiger partial charge in [0.1, 0.15) is 11.6 Å². The third kappa shape index (κ3) is 3.96. The van der Waals surface area contributed by atoms with E-state index in [4.69, 9.17) is 15.6 Å². The van der Waals surface area contributed by atoms with Crippen LogP contribution in [0.25, 0.3) is 22.4 Å². The standard InChI is InChI=1S/C20H19FN4O.CH2O2/c1-20(2)10-14-17(19(26)25-20)16(12-5-3-4-6-13(12)21)18(24-14)11-7-8-23-15(22)9-11;2-1-3/h3-9,24H,10H2,1-2H3,(H2,22,23)(H,25,26);1H,(H,2,3). The van der Waals surface area contributed by atoms with Gasteiger partial charge in [0, 0.05) is 40.5 Å².